The Balaban J connectivity index is 1.95. The van der Waals surface area contributed by atoms with Crippen molar-refractivity contribution in [3.63, 3.8) is 0 Å². The largest absolute Gasteiger partial charge is 0.341 e. The highest BCUT2D eigenvalue weighted by Crippen LogP contribution is 2.30. The predicted molar refractivity (Wildman–Crippen MR) is 87.9 cm³/mol. The van der Waals surface area contributed by atoms with Crippen molar-refractivity contribution in [1.82, 2.24) is 0 Å². The van der Waals surface area contributed by atoms with E-state index >= 15 is 0 Å². The molecule has 21 heavy (non-hydrogen) atoms. The lowest BCUT2D eigenvalue weighted by Crippen LogP contribution is -2.23. The van der Waals surface area contributed by atoms with Crippen molar-refractivity contribution in [3.8, 4) is 0 Å². The van der Waals surface area contributed by atoms with E-state index in [-0.39, 0.29) is 5.78 Å². The Labute approximate surface area is 125 Å². The Hall–Kier alpha value is -2.61. The van der Waals surface area contributed by atoms with Gasteiger partial charge in [-0.1, -0.05) is 42.5 Å². The van der Waals surface area contributed by atoms with Gasteiger partial charge in [0.05, 0.1) is 0 Å². The van der Waals surface area contributed by atoms with Gasteiger partial charge in [-0.2, -0.15) is 0 Å². The molecule has 1 aromatic carbocycles. The molecule has 104 valence electrons. The average molecular weight is 275 g/mol. The third-order valence-electron chi connectivity index (χ3n) is 3.64. The molecule has 1 aromatic rings. The van der Waals surface area contributed by atoms with Gasteiger partial charge in [0.15, 0.2) is 5.78 Å². The quantitative estimate of drug-likeness (QED) is 0.759. The molecule has 0 aromatic heterocycles. The number of anilines is 1. The van der Waals surface area contributed by atoms with Gasteiger partial charge in [0.25, 0.3) is 0 Å². The zero-order chi connectivity index (χ0) is 14.7. The lowest BCUT2D eigenvalue weighted by molar-refractivity contribution is -0.111. The van der Waals surface area contributed by atoms with Gasteiger partial charge < -0.3 is 4.90 Å². The van der Waals surface area contributed by atoms with Crippen molar-refractivity contribution in [3.05, 3.63) is 83.6 Å². The maximum atomic E-state index is 11.7. The number of para-hydroxylation sites is 1. The summed E-state index contributed by atoms with van der Waals surface area (Å²) >= 11 is 0. The topological polar surface area (TPSA) is 20.3 Å². The molecular formula is C19H17NO. The van der Waals surface area contributed by atoms with Crippen LogP contribution in [-0.4, -0.2) is 12.3 Å². The Kier molecular flexibility index (Phi) is 3.69. The molecule has 0 atom stereocenters. The van der Waals surface area contributed by atoms with Crippen molar-refractivity contribution >= 4 is 17.5 Å². The fourth-order valence-corrected chi connectivity index (χ4v) is 2.57. The van der Waals surface area contributed by atoms with Crippen molar-refractivity contribution in [2.45, 2.75) is 6.92 Å². The summed E-state index contributed by atoms with van der Waals surface area (Å²) in [6.07, 6.45) is 15.2. The first-order chi connectivity index (χ1) is 10.3. The number of nitrogens with zero attached hydrogens (tertiary/aromatic N) is 1. The normalized spacial score (nSPS) is 20.4. The van der Waals surface area contributed by atoms with Crippen molar-refractivity contribution in [1.29, 1.82) is 0 Å². The van der Waals surface area contributed by atoms with Crippen LogP contribution in [0.1, 0.15) is 12.5 Å². The summed E-state index contributed by atoms with van der Waals surface area (Å²) in [5, 5.41) is 0. The molecule has 2 aliphatic rings. The van der Waals surface area contributed by atoms with Crippen LogP contribution in [-0.2, 0) is 4.79 Å². The molecule has 2 nitrogen and oxygen atoms in total. The van der Waals surface area contributed by atoms with Crippen molar-refractivity contribution < 1.29 is 4.79 Å². The first-order valence-electron chi connectivity index (χ1n) is 7.15. The van der Waals surface area contributed by atoms with Crippen LogP contribution >= 0.6 is 0 Å². The predicted octanol–water partition coefficient (Wildman–Crippen LogP) is 4.05. The highest BCUT2D eigenvalue weighted by atomic mass is 16.1. The van der Waals surface area contributed by atoms with E-state index in [9.17, 15) is 4.79 Å². The second kappa shape index (κ2) is 5.80. The highest BCUT2D eigenvalue weighted by molar-refractivity contribution is 6.07. The summed E-state index contributed by atoms with van der Waals surface area (Å²) in [4.78, 5) is 14.0. The minimum Gasteiger partial charge on any atom is -0.341 e. The Bertz CT molecular complexity index is 717. The van der Waals surface area contributed by atoms with Gasteiger partial charge in [-0.05, 0) is 42.9 Å². The number of likely N-dealkylation sites (N-methyl/N-ethyl adjacent to an activating group) is 1. The van der Waals surface area contributed by atoms with Gasteiger partial charge in [0.2, 0.25) is 0 Å². The SMILES string of the molecule is CCN1/C(=C/C=C2/C=CC=CC2=O)C=Cc2ccccc21. The number of allylic oxidation sites excluding steroid dienone is 8. The molecule has 0 saturated carbocycles. The van der Waals surface area contributed by atoms with Gasteiger partial charge in [-0.25, -0.2) is 0 Å². The molecule has 3 rings (SSSR count). The maximum absolute atomic E-state index is 11.7. The average Bonchev–Trinajstić information content (AvgIpc) is 2.53. The van der Waals surface area contributed by atoms with Crippen LogP contribution in [0.3, 0.4) is 0 Å². The number of benzene rings is 1. The summed E-state index contributed by atoms with van der Waals surface area (Å²) in [5.74, 6) is 0.0533. The molecule has 1 aliphatic carbocycles. The Morgan fingerprint density at radius 2 is 1.81 bits per heavy atom. The zero-order valence-electron chi connectivity index (χ0n) is 12.0. The molecule has 0 amide bonds. The summed E-state index contributed by atoms with van der Waals surface area (Å²) in [7, 11) is 0. The van der Waals surface area contributed by atoms with E-state index in [1.165, 1.54) is 11.3 Å². The zero-order valence-corrected chi connectivity index (χ0v) is 12.0. The number of hydrogen-bond acceptors (Lipinski definition) is 2. The number of carbonyl (C=O) groups excluding carboxylic acids is 1. The van der Waals surface area contributed by atoms with Crippen LogP contribution in [0.4, 0.5) is 5.69 Å². The second-order valence-electron chi connectivity index (χ2n) is 4.93. The molecule has 0 fully saturated rings. The summed E-state index contributed by atoms with van der Waals surface area (Å²) in [6.45, 7) is 3.02. The lowest BCUT2D eigenvalue weighted by atomic mass is 10.0. The first kappa shape index (κ1) is 13.4. The lowest BCUT2D eigenvalue weighted by Gasteiger charge is -2.29. The third kappa shape index (κ3) is 2.65. The van der Waals surface area contributed by atoms with Crippen LogP contribution in [0.25, 0.3) is 6.08 Å². The van der Waals surface area contributed by atoms with Gasteiger partial charge in [0, 0.05) is 23.5 Å². The van der Waals surface area contributed by atoms with Gasteiger partial charge in [-0.15, -0.1) is 0 Å². The second-order valence-corrected chi connectivity index (χ2v) is 4.93. The summed E-state index contributed by atoms with van der Waals surface area (Å²) in [5.41, 5.74) is 4.24. The summed E-state index contributed by atoms with van der Waals surface area (Å²) in [6, 6.07) is 8.33. The number of hydrogen-bond donors (Lipinski definition) is 0. The minimum absolute atomic E-state index is 0.0533. The molecule has 0 radical (unpaired) electrons. The van der Waals surface area contributed by atoms with E-state index in [0.29, 0.717) is 5.57 Å². The molecule has 0 bridgehead atoms. The molecule has 0 unspecified atom stereocenters. The fourth-order valence-electron chi connectivity index (χ4n) is 2.57. The van der Waals surface area contributed by atoms with Crippen molar-refractivity contribution in [2.75, 3.05) is 11.4 Å². The van der Waals surface area contributed by atoms with Crippen LogP contribution < -0.4 is 4.90 Å². The number of ketones is 1. The smallest absolute Gasteiger partial charge is 0.185 e. The van der Waals surface area contributed by atoms with E-state index in [2.05, 4.69) is 42.2 Å². The van der Waals surface area contributed by atoms with E-state index < -0.39 is 0 Å². The van der Waals surface area contributed by atoms with Crippen LogP contribution in [0, 0.1) is 0 Å². The van der Waals surface area contributed by atoms with Crippen LogP contribution in [0.15, 0.2) is 78.1 Å². The third-order valence-corrected chi connectivity index (χ3v) is 3.64. The van der Waals surface area contributed by atoms with Crippen LogP contribution in [0.2, 0.25) is 0 Å². The summed E-state index contributed by atoms with van der Waals surface area (Å²) < 4.78 is 0. The minimum atomic E-state index is 0.0533. The number of rotatable bonds is 2. The van der Waals surface area contributed by atoms with Crippen LogP contribution in [0.5, 0.6) is 0 Å². The molecule has 1 aliphatic heterocycles. The first-order valence-corrected chi connectivity index (χ1v) is 7.15. The van der Waals surface area contributed by atoms with Gasteiger partial charge in [0.1, 0.15) is 0 Å². The van der Waals surface area contributed by atoms with E-state index in [4.69, 9.17) is 0 Å². The molecule has 0 spiro atoms. The Morgan fingerprint density at radius 1 is 1.00 bits per heavy atom. The molecule has 0 saturated heterocycles. The molecule has 0 N–H and O–H groups in total. The Morgan fingerprint density at radius 3 is 2.62 bits per heavy atom. The van der Waals surface area contributed by atoms with E-state index in [0.717, 1.165) is 12.2 Å². The molecular weight excluding hydrogens is 258 g/mol. The molecule has 2 heteroatoms. The van der Waals surface area contributed by atoms with E-state index in [1.807, 2.05) is 30.4 Å². The van der Waals surface area contributed by atoms with Gasteiger partial charge in [-0.3, -0.25) is 4.79 Å². The standard InChI is InChI=1S/C19H17NO/c1-2-20-17(13-11-15-7-3-5-9-18(15)20)14-12-16-8-4-6-10-19(16)21/h3-14H,2H2,1H3/b16-12-,17-14+. The monoisotopic (exact) mass is 275 g/mol. The van der Waals surface area contributed by atoms with Crippen molar-refractivity contribution in [2.24, 2.45) is 0 Å². The fraction of sp³-hybridized carbons (Fsp3) is 0.105. The molecule has 1 heterocycles. The number of carbonyl (C=O) groups is 1. The maximum Gasteiger partial charge on any atom is 0.185 e. The number of fused-ring (bicyclic) bond motifs is 1. The van der Waals surface area contributed by atoms with Gasteiger partial charge >= 0.3 is 0 Å². The highest BCUT2D eigenvalue weighted by Gasteiger charge is 2.14. The van der Waals surface area contributed by atoms with E-state index in [1.54, 1.807) is 12.2 Å².